The molecule has 8 N–H and O–H groups in total. The van der Waals surface area contributed by atoms with E-state index in [4.69, 9.17) is 10.5 Å². The number of carbonyl (C=O) groups is 10. The zero-order chi connectivity index (χ0) is 56.9. The number of aliphatic carboxylic acids is 1. The highest BCUT2D eigenvalue weighted by atomic mass is 32.1. The second-order valence-corrected chi connectivity index (χ2v) is 21.5. The number of piperidine rings is 1. The van der Waals surface area contributed by atoms with Crippen molar-refractivity contribution in [3.05, 3.63) is 58.1 Å². The summed E-state index contributed by atoms with van der Waals surface area (Å²) in [6.45, 7) is 11.8. The first-order valence-corrected chi connectivity index (χ1v) is 27.6. The van der Waals surface area contributed by atoms with Gasteiger partial charge in [-0.1, -0.05) is 66.0 Å². The number of likely N-dealkylation sites (N-methyl/N-ethyl adjacent to an activating group) is 2. The van der Waals surface area contributed by atoms with Crippen molar-refractivity contribution in [2.45, 2.75) is 161 Å². The van der Waals surface area contributed by atoms with Crippen LogP contribution in [0.4, 0.5) is 10.5 Å². The molecule has 77 heavy (non-hydrogen) atoms. The van der Waals surface area contributed by atoms with Crippen molar-refractivity contribution < 1.29 is 57.8 Å². The molecule has 3 heterocycles. The van der Waals surface area contributed by atoms with Gasteiger partial charge in [0.05, 0.1) is 12.0 Å². The number of hydrogen-bond donors (Lipinski definition) is 7. The largest absolute Gasteiger partial charge is 0.481 e. The number of hydrogen-bond acceptors (Lipinski definition) is 14. The van der Waals surface area contributed by atoms with Crippen LogP contribution in [0, 0.1) is 17.8 Å². The summed E-state index contributed by atoms with van der Waals surface area (Å²) in [6, 6.07) is 2.73. The molecule has 0 radical (unpaired) electrons. The number of amides is 9. The number of primary amides is 1. The zero-order valence-electron chi connectivity index (χ0n) is 45.8. The molecular weight excluding hydrogens is 1010 g/mol. The number of anilines is 1. The lowest BCUT2D eigenvalue weighted by molar-refractivity contribution is -0.149. The van der Waals surface area contributed by atoms with E-state index in [1.54, 1.807) is 36.2 Å². The van der Waals surface area contributed by atoms with Gasteiger partial charge in [-0.25, -0.2) is 9.78 Å². The lowest BCUT2D eigenvalue weighted by Gasteiger charge is -2.38. The molecule has 2 aromatic rings. The summed E-state index contributed by atoms with van der Waals surface area (Å²) in [4.78, 5) is 137. The molecule has 8 unspecified atom stereocenters. The lowest BCUT2D eigenvalue weighted by Crippen LogP contribution is -2.58. The molecule has 9 amide bonds. The summed E-state index contributed by atoms with van der Waals surface area (Å²) in [7, 11) is 3.60. The quantitative estimate of drug-likeness (QED) is 0.0312. The molecule has 2 aliphatic rings. The van der Waals surface area contributed by atoms with Crippen molar-refractivity contribution in [1.82, 2.24) is 41.0 Å². The Kier molecular flexibility index (Phi) is 25.2. The summed E-state index contributed by atoms with van der Waals surface area (Å²) in [5.41, 5.74) is 6.30. The Balaban J connectivity index is 1.43. The van der Waals surface area contributed by atoms with Gasteiger partial charge in [0.1, 0.15) is 22.8 Å². The zero-order valence-corrected chi connectivity index (χ0v) is 46.6. The number of carboxylic acids is 1. The van der Waals surface area contributed by atoms with Gasteiger partial charge in [-0.2, -0.15) is 0 Å². The molecule has 1 fully saturated rings. The number of likely N-dealkylation sites (tertiary alicyclic amines) is 1. The predicted octanol–water partition coefficient (Wildman–Crippen LogP) is 4.44. The number of rotatable bonds is 31. The second kappa shape index (κ2) is 30.9. The third-order valence-electron chi connectivity index (χ3n) is 14.2. The van der Waals surface area contributed by atoms with Crippen LogP contribution in [0.25, 0.3) is 0 Å². The van der Waals surface area contributed by atoms with Crippen molar-refractivity contribution in [2.75, 3.05) is 39.0 Å². The maximum atomic E-state index is 14.4. The molecule has 424 valence electrons. The van der Waals surface area contributed by atoms with Crippen LogP contribution in [0.5, 0.6) is 0 Å². The van der Waals surface area contributed by atoms with E-state index in [0.717, 1.165) is 35.6 Å². The molecule has 2 aliphatic heterocycles. The summed E-state index contributed by atoms with van der Waals surface area (Å²) in [6.07, 6.45) is 7.29. The van der Waals surface area contributed by atoms with Crippen LogP contribution in [0.2, 0.25) is 0 Å². The summed E-state index contributed by atoms with van der Waals surface area (Å²) >= 11 is 1.11. The third kappa shape index (κ3) is 20.0. The molecule has 0 aliphatic carbocycles. The lowest BCUT2D eigenvalue weighted by atomic mass is 9.92. The smallest absolute Gasteiger partial charge is 0.312 e. The average Bonchev–Trinajstić information content (AvgIpc) is 4.00. The maximum Gasteiger partial charge on any atom is 0.312 e. The maximum absolute atomic E-state index is 14.4. The number of urea groups is 1. The van der Waals surface area contributed by atoms with Gasteiger partial charge < -0.3 is 47.1 Å². The molecular formula is C54H80N10O12S. The Hall–Kier alpha value is -6.75. The average molecular weight is 1090 g/mol. The minimum absolute atomic E-state index is 0.0173. The highest BCUT2D eigenvalue weighted by Crippen LogP contribution is 2.31. The minimum Gasteiger partial charge on any atom is -0.481 e. The first-order valence-electron chi connectivity index (χ1n) is 26.7. The molecule has 1 aromatic heterocycles. The number of esters is 1. The summed E-state index contributed by atoms with van der Waals surface area (Å²) < 4.78 is 5.81. The molecule has 0 saturated carbocycles. The summed E-state index contributed by atoms with van der Waals surface area (Å²) in [5, 5.41) is 25.7. The van der Waals surface area contributed by atoms with Crippen LogP contribution in [-0.4, -0.2) is 148 Å². The molecule has 1 saturated heterocycles. The fourth-order valence-corrected chi connectivity index (χ4v) is 10.3. The van der Waals surface area contributed by atoms with E-state index >= 15 is 0 Å². The van der Waals surface area contributed by atoms with E-state index in [0.29, 0.717) is 54.8 Å². The highest BCUT2D eigenvalue weighted by Gasteiger charge is 2.38. The number of nitrogens with two attached hydrogens (primary N) is 1. The number of carboxylic acid groups (broad SMARTS) is 1. The van der Waals surface area contributed by atoms with Gasteiger partial charge in [-0.3, -0.25) is 53.0 Å². The van der Waals surface area contributed by atoms with Gasteiger partial charge in [0.15, 0.2) is 6.10 Å². The topological polar surface area (TPSA) is 309 Å². The number of carbonyl (C=O) groups excluding carboxylic acids is 9. The van der Waals surface area contributed by atoms with E-state index in [9.17, 15) is 53.1 Å². The standard InChI is InChI=1S/C54H80N10O12S/c1-9-33(4)47(61-50(71)41-17-12-14-26-62(41)7)52(72)63(8)42(32(2)3)30-43(76-35(6)65)51-60-40(31-77-51)49(70)58-38(28-34(5)53(73)74)29-36-19-21-37(22-20-36)57-48(69)39(16-15-25-56-54(55)75)59-44(66)18-11-10-13-27-64-45(67)23-24-46(64)68/h19-24,31-34,38-39,41-43,47H,9-18,25-30H2,1-8H3,(H,57,69)(H,58,70)(H,59,66)(H,61,71)(H,73,74)(H3,55,56,75). The van der Waals surface area contributed by atoms with Crippen LogP contribution in [0.3, 0.4) is 0 Å². The van der Waals surface area contributed by atoms with E-state index < -0.39 is 66.0 Å². The van der Waals surface area contributed by atoms with Crippen LogP contribution >= 0.6 is 11.3 Å². The predicted molar refractivity (Wildman–Crippen MR) is 289 cm³/mol. The van der Waals surface area contributed by atoms with Crippen LogP contribution in [-0.2, 0) is 49.5 Å². The van der Waals surface area contributed by atoms with Gasteiger partial charge in [0.25, 0.3) is 17.7 Å². The van der Waals surface area contributed by atoms with E-state index in [-0.39, 0.29) is 98.3 Å². The van der Waals surface area contributed by atoms with Crippen LogP contribution < -0.4 is 32.3 Å². The number of benzene rings is 1. The third-order valence-corrected chi connectivity index (χ3v) is 15.1. The Morgan fingerprint density at radius 2 is 1.61 bits per heavy atom. The van der Waals surface area contributed by atoms with Crippen molar-refractivity contribution in [3.63, 3.8) is 0 Å². The molecule has 1 aromatic carbocycles. The molecule has 0 bridgehead atoms. The van der Waals surface area contributed by atoms with Crippen molar-refractivity contribution in [3.8, 4) is 0 Å². The summed E-state index contributed by atoms with van der Waals surface area (Å²) in [5.74, 6) is -5.46. The normalized spacial score (nSPS) is 17.3. The van der Waals surface area contributed by atoms with Crippen molar-refractivity contribution in [2.24, 2.45) is 23.5 Å². The van der Waals surface area contributed by atoms with Gasteiger partial charge >= 0.3 is 18.0 Å². The Morgan fingerprint density at radius 1 is 0.922 bits per heavy atom. The number of imide groups is 1. The number of nitrogens with zero attached hydrogens (tertiary/aromatic N) is 4. The van der Waals surface area contributed by atoms with Gasteiger partial charge in [-0.05, 0) is 94.5 Å². The Bertz CT molecular complexity index is 2400. The van der Waals surface area contributed by atoms with E-state index in [2.05, 4.69) is 31.6 Å². The van der Waals surface area contributed by atoms with Crippen LogP contribution in [0.15, 0.2) is 41.8 Å². The fourth-order valence-electron chi connectivity index (χ4n) is 9.41. The number of nitrogens with one attached hydrogen (secondary N) is 5. The SMILES string of the molecule is CCC(C)C(NC(=O)C1CCCCN1C)C(=O)N(C)C(CC(OC(C)=O)c1nc(C(=O)NC(Cc2ccc(NC(=O)C(CCCNC(N)=O)NC(=O)CCCCCN3C(=O)C=CC3=O)cc2)CC(C)C(=O)O)cs1)C(C)C. The number of aromatic nitrogens is 1. The van der Waals surface area contributed by atoms with Crippen molar-refractivity contribution in [1.29, 1.82) is 0 Å². The van der Waals surface area contributed by atoms with Gasteiger partial charge in [-0.15, -0.1) is 11.3 Å². The Labute approximate surface area is 455 Å². The second-order valence-electron chi connectivity index (χ2n) is 20.6. The van der Waals surface area contributed by atoms with Crippen molar-refractivity contribution >= 4 is 76.3 Å². The molecule has 22 nitrogen and oxygen atoms in total. The van der Waals surface area contributed by atoms with E-state index in [1.807, 2.05) is 39.6 Å². The Morgan fingerprint density at radius 3 is 2.22 bits per heavy atom. The molecule has 23 heteroatoms. The number of thiazole rings is 1. The molecule has 8 atom stereocenters. The molecule has 4 rings (SSSR count). The van der Waals surface area contributed by atoms with Gasteiger partial charge in [0.2, 0.25) is 23.6 Å². The van der Waals surface area contributed by atoms with E-state index in [1.165, 1.54) is 31.4 Å². The molecule has 0 spiro atoms. The number of unbranched alkanes of at least 4 members (excludes halogenated alkanes) is 2. The fraction of sp³-hybridized carbons (Fsp3) is 0.611. The highest BCUT2D eigenvalue weighted by molar-refractivity contribution is 7.09. The monoisotopic (exact) mass is 1090 g/mol. The van der Waals surface area contributed by atoms with Gasteiger partial charge in [0, 0.05) is 75.2 Å². The minimum atomic E-state index is -1.06. The number of ether oxygens (including phenoxy) is 1. The van der Waals surface area contributed by atoms with Crippen LogP contribution in [0.1, 0.15) is 146 Å². The first kappa shape index (κ1) is 62.8. The first-order chi connectivity index (χ1) is 36.5.